The van der Waals surface area contributed by atoms with Gasteiger partial charge in [-0.25, -0.2) is 0 Å². The predicted octanol–water partition coefficient (Wildman–Crippen LogP) is 3.82. The van der Waals surface area contributed by atoms with E-state index in [1.54, 1.807) is 16.9 Å². The Morgan fingerprint density at radius 2 is 1.68 bits per heavy atom. The summed E-state index contributed by atoms with van der Waals surface area (Å²) in [6, 6.07) is 9.80. The number of nitrogens with zero attached hydrogens (tertiary/aromatic N) is 2. The molecule has 0 aliphatic carbocycles. The van der Waals surface area contributed by atoms with Crippen molar-refractivity contribution < 1.29 is 4.79 Å². The van der Waals surface area contributed by atoms with Crippen LogP contribution in [0.5, 0.6) is 0 Å². The van der Waals surface area contributed by atoms with Crippen molar-refractivity contribution in [2.45, 2.75) is 39.7 Å². The Balaban J connectivity index is 2.31. The van der Waals surface area contributed by atoms with Gasteiger partial charge in [0.1, 0.15) is 5.69 Å². The minimum atomic E-state index is 0.0292. The molecule has 0 bridgehead atoms. The van der Waals surface area contributed by atoms with Gasteiger partial charge in [-0.05, 0) is 31.4 Å². The molecule has 0 N–H and O–H groups in total. The van der Waals surface area contributed by atoms with Crippen LogP contribution in [-0.2, 0) is 0 Å². The van der Waals surface area contributed by atoms with E-state index in [0.717, 1.165) is 0 Å². The van der Waals surface area contributed by atoms with Gasteiger partial charge in [0.05, 0.1) is 0 Å². The zero-order valence-electron chi connectivity index (χ0n) is 11.9. The van der Waals surface area contributed by atoms with Crippen molar-refractivity contribution in [1.82, 2.24) is 9.78 Å². The van der Waals surface area contributed by atoms with Gasteiger partial charge in [-0.3, -0.25) is 9.48 Å². The number of carbonyl (C=O) groups is 1. The molecule has 2 aromatic rings. The second kappa shape index (κ2) is 5.39. The smallest absolute Gasteiger partial charge is 0.211 e. The normalized spacial score (nSPS) is 11.3. The molecule has 1 aromatic carbocycles. The van der Waals surface area contributed by atoms with Gasteiger partial charge in [-0.15, -0.1) is 0 Å². The van der Waals surface area contributed by atoms with Gasteiger partial charge in [-0.2, -0.15) is 5.10 Å². The van der Waals surface area contributed by atoms with E-state index in [2.05, 4.69) is 18.9 Å². The Morgan fingerprint density at radius 3 is 2.21 bits per heavy atom. The van der Waals surface area contributed by atoms with Crippen molar-refractivity contribution in [3.63, 3.8) is 0 Å². The van der Waals surface area contributed by atoms with Crippen LogP contribution in [0.1, 0.15) is 61.3 Å². The average Bonchev–Trinajstić information content (AvgIpc) is 2.87. The lowest BCUT2D eigenvalue weighted by Gasteiger charge is -2.11. The van der Waals surface area contributed by atoms with Crippen LogP contribution < -0.4 is 0 Å². The lowest BCUT2D eigenvalue weighted by Crippen LogP contribution is -2.13. The second-order valence-corrected chi connectivity index (χ2v) is 5.36. The maximum Gasteiger partial charge on any atom is 0.211 e. The molecule has 0 saturated carbocycles. The first-order valence-electron chi connectivity index (χ1n) is 6.69. The molecule has 1 aromatic heterocycles. The van der Waals surface area contributed by atoms with Crippen molar-refractivity contribution in [1.29, 1.82) is 0 Å². The predicted molar refractivity (Wildman–Crippen MR) is 76.6 cm³/mol. The van der Waals surface area contributed by atoms with E-state index in [-0.39, 0.29) is 11.8 Å². The minimum Gasteiger partial charge on any atom is -0.287 e. The molecule has 0 atom stereocenters. The van der Waals surface area contributed by atoms with E-state index in [9.17, 15) is 4.79 Å². The summed E-state index contributed by atoms with van der Waals surface area (Å²) in [6.45, 7) is 8.33. The monoisotopic (exact) mass is 256 g/mol. The zero-order chi connectivity index (χ0) is 14.0. The van der Waals surface area contributed by atoms with Crippen LogP contribution in [0, 0.1) is 0 Å². The van der Waals surface area contributed by atoms with Crippen molar-refractivity contribution >= 4 is 5.78 Å². The highest BCUT2D eigenvalue weighted by molar-refractivity contribution is 6.07. The summed E-state index contributed by atoms with van der Waals surface area (Å²) in [6.07, 6.45) is 1.68. The topological polar surface area (TPSA) is 34.9 Å². The largest absolute Gasteiger partial charge is 0.287 e. The van der Waals surface area contributed by atoms with Crippen LogP contribution in [0.3, 0.4) is 0 Å². The van der Waals surface area contributed by atoms with Gasteiger partial charge in [0, 0.05) is 17.8 Å². The maximum absolute atomic E-state index is 12.5. The maximum atomic E-state index is 12.5. The van der Waals surface area contributed by atoms with Gasteiger partial charge < -0.3 is 0 Å². The molecular weight excluding hydrogens is 236 g/mol. The molecule has 0 aliphatic heterocycles. The third-order valence-corrected chi connectivity index (χ3v) is 3.23. The highest BCUT2D eigenvalue weighted by Gasteiger charge is 2.15. The van der Waals surface area contributed by atoms with E-state index < -0.39 is 0 Å². The Hall–Kier alpha value is -1.90. The first-order chi connectivity index (χ1) is 9.00. The molecular formula is C16H20N2O. The Kier molecular flexibility index (Phi) is 3.84. The SMILES string of the molecule is CC(C)c1ccc(C(=O)c2ccnn2C(C)C)cc1. The first-order valence-corrected chi connectivity index (χ1v) is 6.69. The third-order valence-electron chi connectivity index (χ3n) is 3.23. The highest BCUT2D eigenvalue weighted by atomic mass is 16.1. The van der Waals surface area contributed by atoms with E-state index in [4.69, 9.17) is 0 Å². The first kappa shape index (κ1) is 13.5. The number of hydrogen-bond acceptors (Lipinski definition) is 2. The number of benzene rings is 1. The number of hydrogen-bond donors (Lipinski definition) is 0. The Labute approximate surface area is 114 Å². The Bertz CT molecular complexity index is 565. The second-order valence-electron chi connectivity index (χ2n) is 5.36. The summed E-state index contributed by atoms with van der Waals surface area (Å²) in [5.74, 6) is 0.506. The molecule has 0 amide bonds. The van der Waals surface area contributed by atoms with Crippen LogP contribution in [-0.4, -0.2) is 15.6 Å². The van der Waals surface area contributed by atoms with Gasteiger partial charge in [0.15, 0.2) is 0 Å². The van der Waals surface area contributed by atoms with Crippen LogP contribution in [0.15, 0.2) is 36.5 Å². The van der Waals surface area contributed by atoms with Gasteiger partial charge >= 0.3 is 0 Å². The van der Waals surface area contributed by atoms with Crippen molar-refractivity contribution in [2.75, 3.05) is 0 Å². The van der Waals surface area contributed by atoms with Crippen molar-refractivity contribution in [3.05, 3.63) is 53.3 Å². The molecule has 0 saturated heterocycles. The minimum absolute atomic E-state index is 0.0292. The van der Waals surface area contributed by atoms with Gasteiger partial charge in [0.25, 0.3) is 0 Å². The van der Waals surface area contributed by atoms with Crippen LogP contribution >= 0.6 is 0 Å². The average molecular weight is 256 g/mol. The van der Waals surface area contributed by atoms with Crippen LogP contribution in [0.4, 0.5) is 0 Å². The van der Waals surface area contributed by atoms with E-state index in [1.807, 2.05) is 38.1 Å². The zero-order valence-corrected chi connectivity index (χ0v) is 11.9. The van der Waals surface area contributed by atoms with Gasteiger partial charge in [-0.1, -0.05) is 38.1 Å². The standard InChI is InChI=1S/C16H20N2O/c1-11(2)13-5-7-14(8-6-13)16(19)15-9-10-17-18(15)12(3)4/h5-12H,1-4H3. The van der Waals surface area contributed by atoms with E-state index in [0.29, 0.717) is 17.2 Å². The van der Waals surface area contributed by atoms with E-state index >= 15 is 0 Å². The molecule has 0 fully saturated rings. The number of rotatable bonds is 4. The fourth-order valence-electron chi connectivity index (χ4n) is 2.07. The quantitative estimate of drug-likeness (QED) is 0.779. The Morgan fingerprint density at radius 1 is 1.05 bits per heavy atom. The van der Waals surface area contributed by atoms with Crippen LogP contribution in [0.25, 0.3) is 0 Å². The molecule has 3 heteroatoms. The molecule has 0 spiro atoms. The fraction of sp³-hybridized carbons (Fsp3) is 0.375. The lowest BCUT2D eigenvalue weighted by atomic mass is 10.00. The fourth-order valence-corrected chi connectivity index (χ4v) is 2.07. The molecule has 0 radical (unpaired) electrons. The molecule has 2 rings (SSSR count). The lowest BCUT2D eigenvalue weighted by molar-refractivity contribution is 0.102. The van der Waals surface area contributed by atoms with Crippen molar-refractivity contribution in [2.24, 2.45) is 0 Å². The molecule has 100 valence electrons. The molecule has 0 unspecified atom stereocenters. The molecule has 0 aliphatic rings. The van der Waals surface area contributed by atoms with E-state index in [1.165, 1.54) is 5.56 Å². The highest BCUT2D eigenvalue weighted by Crippen LogP contribution is 2.18. The molecule has 19 heavy (non-hydrogen) atoms. The summed E-state index contributed by atoms with van der Waals surface area (Å²) in [7, 11) is 0. The van der Waals surface area contributed by atoms with Crippen LogP contribution in [0.2, 0.25) is 0 Å². The molecule has 3 nitrogen and oxygen atoms in total. The number of aromatic nitrogens is 2. The third kappa shape index (κ3) is 2.75. The number of ketones is 1. The van der Waals surface area contributed by atoms with Gasteiger partial charge in [0.2, 0.25) is 5.78 Å². The van der Waals surface area contributed by atoms with Crippen molar-refractivity contribution in [3.8, 4) is 0 Å². The molecule has 1 heterocycles. The summed E-state index contributed by atoms with van der Waals surface area (Å²) >= 11 is 0. The summed E-state index contributed by atoms with van der Waals surface area (Å²) in [4.78, 5) is 12.5. The summed E-state index contributed by atoms with van der Waals surface area (Å²) in [5, 5.41) is 4.20. The number of carbonyl (C=O) groups excluding carboxylic acids is 1. The summed E-state index contributed by atoms with van der Waals surface area (Å²) < 4.78 is 1.76. The summed E-state index contributed by atoms with van der Waals surface area (Å²) in [5.41, 5.74) is 2.60.